The fourth-order valence-electron chi connectivity index (χ4n) is 2.38. The lowest BCUT2D eigenvalue weighted by Gasteiger charge is -2.01. The number of rotatable bonds is 3. The number of halogens is 1. The van der Waals surface area contributed by atoms with Crippen molar-refractivity contribution >= 4 is 22.9 Å². The number of anilines is 1. The van der Waals surface area contributed by atoms with Crippen molar-refractivity contribution in [2.45, 2.75) is 13.3 Å². The van der Waals surface area contributed by atoms with Gasteiger partial charge in [0.15, 0.2) is 5.76 Å². The molecule has 0 amide bonds. The monoisotopic (exact) mass is 300 g/mol. The van der Waals surface area contributed by atoms with Crippen LogP contribution < -0.4 is 5.73 Å². The van der Waals surface area contributed by atoms with Crippen molar-refractivity contribution in [3.8, 4) is 11.3 Å². The molecule has 0 aliphatic carbocycles. The molecular weight excluding hydrogens is 287 g/mol. The number of aryl methyl sites for hydroxylation is 1. The minimum atomic E-state index is -1.13. The third-order valence-corrected chi connectivity index (χ3v) is 3.50. The van der Waals surface area contributed by atoms with E-state index in [2.05, 4.69) is 4.98 Å². The normalized spacial score (nSPS) is 11.0. The first kappa shape index (κ1) is 14.1. The van der Waals surface area contributed by atoms with Crippen LogP contribution in [0.25, 0.3) is 22.4 Å². The number of aromatic nitrogens is 1. The standard InChI is InChI=1S/C16H13FN2O3/c1-2-8-7-11-12(16(20)21)13(22-15(11)19-14(8)18)9-3-5-10(17)6-4-9/h3-7H,2H2,1H3,(H2,18,19)(H,20,21). The Morgan fingerprint density at radius 2 is 2.05 bits per heavy atom. The van der Waals surface area contributed by atoms with Gasteiger partial charge < -0.3 is 15.3 Å². The number of nitrogen functional groups attached to an aromatic ring is 1. The van der Waals surface area contributed by atoms with Gasteiger partial charge in [-0.05, 0) is 42.3 Å². The molecular formula is C16H13FN2O3. The molecule has 22 heavy (non-hydrogen) atoms. The highest BCUT2D eigenvalue weighted by Crippen LogP contribution is 2.34. The number of fused-ring (bicyclic) bond motifs is 1. The third kappa shape index (κ3) is 2.18. The van der Waals surface area contributed by atoms with Gasteiger partial charge in [-0.15, -0.1) is 0 Å². The van der Waals surface area contributed by atoms with Crippen molar-refractivity contribution < 1.29 is 18.7 Å². The van der Waals surface area contributed by atoms with Crippen molar-refractivity contribution in [1.29, 1.82) is 0 Å². The number of carbonyl (C=O) groups is 1. The number of nitrogens with zero attached hydrogens (tertiary/aromatic N) is 1. The number of carboxylic acid groups (broad SMARTS) is 1. The highest BCUT2D eigenvalue weighted by Gasteiger charge is 2.23. The van der Waals surface area contributed by atoms with E-state index in [0.717, 1.165) is 5.56 Å². The van der Waals surface area contributed by atoms with Crippen LogP contribution >= 0.6 is 0 Å². The molecule has 0 aliphatic rings. The molecule has 0 bridgehead atoms. The fraction of sp³-hybridized carbons (Fsp3) is 0.125. The Hall–Kier alpha value is -2.89. The van der Waals surface area contributed by atoms with E-state index >= 15 is 0 Å². The summed E-state index contributed by atoms with van der Waals surface area (Å²) in [6, 6.07) is 7.09. The van der Waals surface area contributed by atoms with Crippen LogP contribution in [0.15, 0.2) is 34.7 Å². The highest BCUT2D eigenvalue weighted by atomic mass is 19.1. The lowest BCUT2D eigenvalue weighted by atomic mass is 10.0. The largest absolute Gasteiger partial charge is 0.478 e. The summed E-state index contributed by atoms with van der Waals surface area (Å²) >= 11 is 0. The third-order valence-electron chi connectivity index (χ3n) is 3.50. The Morgan fingerprint density at radius 1 is 1.36 bits per heavy atom. The van der Waals surface area contributed by atoms with E-state index < -0.39 is 11.8 Å². The quantitative estimate of drug-likeness (QED) is 0.773. The van der Waals surface area contributed by atoms with Gasteiger partial charge in [-0.2, -0.15) is 4.98 Å². The van der Waals surface area contributed by atoms with Crippen LogP contribution in [0.2, 0.25) is 0 Å². The Balaban J connectivity index is 2.32. The topological polar surface area (TPSA) is 89.3 Å². The minimum Gasteiger partial charge on any atom is -0.478 e. The zero-order valence-corrected chi connectivity index (χ0v) is 11.8. The fourth-order valence-corrected chi connectivity index (χ4v) is 2.38. The van der Waals surface area contributed by atoms with E-state index in [4.69, 9.17) is 10.2 Å². The van der Waals surface area contributed by atoms with Crippen LogP contribution in [0.3, 0.4) is 0 Å². The van der Waals surface area contributed by atoms with Gasteiger partial charge in [0.05, 0.1) is 5.39 Å². The van der Waals surface area contributed by atoms with Gasteiger partial charge in [-0.1, -0.05) is 6.92 Å². The Kier molecular flexibility index (Phi) is 3.29. The van der Waals surface area contributed by atoms with Crippen molar-refractivity contribution in [3.05, 3.63) is 47.3 Å². The molecule has 0 aliphatic heterocycles. The summed E-state index contributed by atoms with van der Waals surface area (Å²) in [6.45, 7) is 1.90. The number of furan rings is 1. The average molecular weight is 300 g/mol. The smallest absolute Gasteiger partial charge is 0.340 e. The van der Waals surface area contributed by atoms with E-state index in [0.29, 0.717) is 23.2 Å². The van der Waals surface area contributed by atoms with E-state index in [1.54, 1.807) is 6.07 Å². The second-order valence-corrected chi connectivity index (χ2v) is 4.86. The molecule has 3 rings (SSSR count). The molecule has 2 heterocycles. The summed E-state index contributed by atoms with van der Waals surface area (Å²) in [6.07, 6.45) is 0.630. The summed E-state index contributed by atoms with van der Waals surface area (Å²) in [4.78, 5) is 15.8. The Bertz CT molecular complexity index is 869. The van der Waals surface area contributed by atoms with Gasteiger partial charge in [-0.25, -0.2) is 9.18 Å². The lowest BCUT2D eigenvalue weighted by molar-refractivity contribution is 0.0699. The van der Waals surface area contributed by atoms with E-state index in [1.165, 1.54) is 24.3 Å². The number of hydrogen-bond donors (Lipinski definition) is 2. The molecule has 3 N–H and O–H groups in total. The molecule has 5 nitrogen and oxygen atoms in total. The van der Waals surface area contributed by atoms with Crippen LogP contribution in [-0.2, 0) is 6.42 Å². The molecule has 3 aromatic rings. The van der Waals surface area contributed by atoms with Gasteiger partial charge in [0.2, 0.25) is 5.71 Å². The second kappa shape index (κ2) is 5.14. The van der Waals surface area contributed by atoms with Crippen LogP contribution in [0.5, 0.6) is 0 Å². The van der Waals surface area contributed by atoms with Crippen LogP contribution in [-0.4, -0.2) is 16.1 Å². The Labute approximate surface area is 125 Å². The van der Waals surface area contributed by atoms with Crippen molar-refractivity contribution in [1.82, 2.24) is 4.98 Å². The van der Waals surface area contributed by atoms with Crippen LogP contribution in [0, 0.1) is 5.82 Å². The van der Waals surface area contributed by atoms with Gasteiger partial charge in [0, 0.05) is 5.56 Å². The average Bonchev–Trinajstić information content (AvgIpc) is 2.85. The Morgan fingerprint density at radius 3 is 2.64 bits per heavy atom. The summed E-state index contributed by atoms with van der Waals surface area (Å²) in [5, 5.41) is 9.90. The van der Waals surface area contributed by atoms with Crippen LogP contribution in [0.1, 0.15) is 22.8 Å². The second-order valence-electron chi connectivity index (χ2n) is 4.86. The van der Waals surface area contributed by atoms with Gasteiger partial charge in [0.25, 0.3) is 0 Å². The van der Waals surface area contributed by atoms with Gasteiger partial charge in [0.1, 0.15) is 17.2 Å². The molecule has 112 valence electrons. The molecule has 6 heteroatoms. The van der Waals surface area contributed by atoms with E-state index in [1.807, 2.05) is 6.92 Å². The molecule has 0 radical (unpaired) electrons. The predicted molar refractivity (Wildman–Crippen MR) is 80.2 cm³/mol. The molecule has 0 saturated heterocycles. The number of aromatic carboxylic acids is 1. The van der Waals surface area contributed by atoms with Gasteiger partial charge in [-0.3, -0.25) is 0 Å². The first-order valence-electron chi connectivity index (χ1n) is 6.72. The molecule has 0 atom stereocenters. The number of pyridine rings is 1. The molecule has 1 aromatic carbocycles. The van der Waals surface area contributed by atoms with Crippen molar-refractivity contribution in [2.24, 2.45) is 0 Å². The highest BCUT2D eigenvalue weighted by molar-refractivity contribution is 6.07. The maximum Gasteiger partial charge on any atom is 0.340 e. The van der Waals surface area contributed by atoms with Crippen molar-refractivity contribution in [2.75, 3.05) is 5.73 Å². The molecule has 2 aromatic heterocycles. The summed E-state index contributed by atoms with van der Waals surface area (Å²) in [5.74, 6) is -1.09. The summed E-state index contributed by atoms with van der Waals surface area (Å²) in [7, 11) is 0. The van der Waals surface area contributed by atoms with Gasteiger partial charge >= 0.3 is 5.97 Å². The number of carboxylic acids is 1. The van der Waals surface area contributed by atoms with Crippen molar-refractivity contribution in [3.63, 3.8) is 0 Å². The van der Waals surface area contributed by atoms with E-state index in [9.17, 15) is 14.3 Å². The number of benzene rings is 1. The SMILES string of the molecule is CCc1cc2c(C(=O)O)c(-c3ccc(F)cc3)oc2nc1N. The molecule has 0 fully saturated rings. The van der Waals surface area contributed by atoms with Crippen LogP contribution in [0.4, 0.5) is 10.2 Å². The zero-order chi connectivity index (χ0) is 15.9. The molecule has 0 saturated carbocycles. The maximum atomic E-state index is 13.0. The number of hydrogen-bond acceptors (Lipinski definition) is 4. The maximum absolute atomic E-state index is 13.0. The summed E-state index contributed by atoms with van der Waals surface area (Å²) in [5.41, 5.74) is 7.20. The minimum absolute atomic E-state index is 0.00353. The molecule has 0 spiro atoms. The molecule has 0 unspecified atom stereocenters. The first-order chi connectivity index (χ1) is 10.5. The number of nitrogens with two attached hydrogens (primary N) is 1. The van der Waals surface area contributed by atoms with E-state index in [-0.39, 0.29) is 17.0 Å². The first-order valence-corrected chi connectivity index (χ1v) is 6.72. The zero-order valence-electron chi connectivity index (χ0n) is 11.8. The predicted octanol–water partition coefficient (Wildman–Crippen LogP) is 3.48. The summed E-state index contributed by atoms with van der Waals surface area (Å²) < 4.78 is 18.6. The lowest BCUT2D eigenvalue weighted by Crippen LogP contribution is -2.00.